The Balaban J connectivity index is 2.64. The van der Waals surface area contributed by atoms with Crippen LogP contribution in [0.1, 0.15) is 13.8 Å². The molecule has 3 nitrogen and oxygen atoms in total. The van der Waals surface area contributed by atoms with Crippen molar-refractivity contribution >= 4 is 5.82 Å². The Hall–Kier alpha value is -1.16. The minimum absolute atomic E-state index is 0.00981. The van der Waals surface area contributed by atoms with Gasteiger partial charge in [0.15, 0.2) is 11.6 Å². The van der Waals surface area contributed by atoms with Crippen LogP contribution in [0.2, 0.25) is 0 Å². The summed E-state index contributed by atoms with van der Waals surface area (Å²) in [6.07, 6.45) is 1.53. The molecule has 4 heteroatoms. The SMILES string of the molecule is CC(CO)C(C)Nc1ncccc1F. The van der Waals surface area contributed by atoms with Gasteiger partial charge in [-0.15, -0.1) is 0 Å². The molecule has 0 bridgehead atoms. The number of aliphatic hydroxyl groups is 1. The second kappa shape index (κ2) is 4.91. The van der Waals surface area contributed by atoms with Crippen molar-refractivity contribution in [2.45, 2.75) is 19.9 Å². The van der Waals surface area contributed by atoms with Gasteiger partial charge in [0.2, 0.25) is 0 Å². The van der Waals surface area contributed by atoms with E-state index in [1.165, 1.54) is 12.3 Å². The van der Waals surface area contributed by atoms with Crippen LogP contribution < -0.4 is 5.32 Å². The number of hydrogen-bond acceptors (Lipinski definition) is 3. The molecule has 0 radical (unpaired) electrons. The largest absolute Gasteiger partial charge is 0.396 e. The first-order valence-corrected chi connectivity index (χ1v) is 4.63. The molecule has 0 spiro atoms. The van der Waals surface area contributed by atoms with Gasteiger partial charge in [0, 0.05) is 18.8 Å². The fourth-order valence-corrected chi connectivity index (χ4v) is 1.01. The highest BCUT2D eigenvalue weighted by Crippen LogP contribution is 2.13. The Labute approximate surface area is 83.0 Å². The average Bonchev–Trinajstić information content (AvgIpc) is 2.20. The number of aliphatic hydroxyl groups excluding tert-OH is 1. The van der Waals surface area contributed by atoms with Gasteiger partial charge in [-0.3, -0.25) is 0 Å². The van der Waals surface area contributed by atoms with Crippen molar-refractivity contribution < 1.29 is 9.50 Å². The maximum absolute atomic E-state index is 13.1. The monoisotopic (exact) mass is 198 g/mol. The average molecular weight is 198 g/mol. The van der Waals surface area contributed by atoms with Gasteiger partial charge >= 0.3 is 0 Å². The molecule has 0 aliphatic carbocycles. The molecule has 1 aromatic rings. The molecule has 2 N–H and O–H groups in total. The molecular weight excluding hydrogens is 183 g/mol. The number of halogens is 1. The Kier molecular flexibility index (Phi) is 3.83. The Morgan fingerprint density at radius 2 is 2.29 bits per heavy atom. The topological polar surface area (TPSA) is 45.1 Å². The third-order valence-corrected chi connectivity index (χ3v) is 2.26. The van der Waals surface area contributed by atoms with Gasteiger partial charge in [-0.25, -0.2) is 9.37 Å². The zero-order chi connectivity index (χ0) is 10.6. The zero-order valence-corrected chi connectivity index (χ0v) is 8.37. The summed E-state index contributed by atoms with van der Waals surface area (Å²) in [5.41, 5.74) is 0. The summed E-state index contributed by atoms with van der Waals surface area (Å²) in [5, 5.41) is 11.8. The van der Waals surface area contributed by atoms with E-state index in [2.05, 4.69) is 10.3 Å². The van der Waals surface area contributed by atoms with Crippen molar-refractivity contribution in [3.05, 3.63) is 24.1 Å². The normalized spacial score (nSPS) is 14.9. The number of rotatable bonds is 4. The van der Waals surface area contributed by atoms with E-state index in [9.17, 15) is 4.39 Å². The summed E-state index contributed by atoms with van der Waals surface area (Å²) >= 11 is 0. The number of nitrogens with zero attached hydrogens (tertiary/aromatic N) is 1. The molecule has 1 rings (SSSR count). The molecule has 14 heavy (non-hydrogen) atoms. The van der Waals surface area contributed by atoms with Crippen LogP contribution in [-0.4, -0.2) is 22.7 Å². The van der Waals surface area contributed by atoms with Gasteiger partial charge in [-0.2, -0.15) is 0 Å². The zero-order valence-electron chi connectivity index (χ0n) is 8.37. The number of hydrogen-bond donors (Lipinski definition) is 2. The fourth-order valence-electron chi connectivity index (χ4n) is 1.01. The molecule has 0 aromatic carbocycles. The Bertz CT molecular complexity index is 293. The van der Waals surface area contributed by atoms with Crippen LogP contribution in [-0.2, 0) is 0 Å². The van der Waals surface area contributed by atoms with Crippen LogP contribution in [0, 0.1) is 11.7 Å². The molecule has 0 saturated heterocycles. The molecular formula is C10H15FN2O. The third-order valence-electron chi connectivity index (χ3n) is 2.26. The predicted molar refractivity (Wildman–Crippen MR) is 53.5 cm³/mol. The predicted octanol–water partition coefficient (Wildman–Crippen LogP) is 1.65. The van der Waals surface area contributed by atoms with Gasteiger partial charge < -0.3 is 10.4 Å². The van der Waals surface area contributed by atoms with E-state index in [0.717, 1.165) is 0 Å². The molecule has 0 aliphatic rings. The van der Waals surface area contributed by atoms with Crippen LogP contribution in [0.3, 0.4) is 0 Å². The Morgan fingerprint density at radius 1 is 1.57 bits per heavy atom. The molecule has 1 aromatic heterocycles. The van der Waals surface area contributed by atoms with Crippen LogP contribution >= 0.6 is 0 Å². The molecule has 0 amide bonds. The second-order valence-electron chi connectivity index (χ2n) is 3.43. The van der Waals surface area contributed by atoms with Crippen molar-refractivity contribution in [3.63, 3.8) is 0 Å². The smallest absolute Gasteiger partial charge is 0.165 e. The first-order chi connectivity index (χ1) is 6.65. The van der Waals surface area contributed by atoms with Gasteiger partial charge in [0.1, 0.15) is 0 Å². The molecule has 0 fully saturated rings. The van der Waals surface area contributed by atoms with Crippen LogP contribution in [0.25, 0.3) is 0 Å². The van der Waals surface area contributed by atoms with Crippen molar-refractivity contribution in [2.75, 3.05) is 11.9 Å². The van der Waals surface area contributed by atoms with E-state index in [0.29, 0.717) is 0 Å². The molecule has 2 atom stereocenters. The maximum Gasteiger partial charge on any atom is 0.165 e. The standard InChI is InChI=1S/C10H15FN2O/c1-7(6-14)8(2)13-10-9(11)4-3-5-12-10/h3-5,7-8,14H,6H2,1-2H3,(H,12,13). The van der Waals surface area contributed by atoms with E-state index in [4.69, 9.17) is 5.11 Å². The van der Waals surface area contributed by atoms with Crippen LogP contribution in [0.5, 0.6) is 0 Å². The lowest BCUT2D eigenvalue weighted by Crippen LogP contribution is -2.27. The summed E-state index contributed by atoms with van der Waals surface area (Å²) in [6, 6.07) is 2.89. The lowest BCUT2D eigenvalue weighted by atomic mass is 10.1. The van der Waals surface area contributed by atoms with Gasteiger partial charge in [0.25, 0.3) is 0 Å². The number of nitrogens with one attached hydrogen (secondary N) is 1. The maximum atomic E-state index is 13.1. The summed E-state index contributed by atoms with van der Waals surface area (Å²) < 4.78 is 13.1. The van der Waals surface area contributed by atoms with E-state index in [-0.39, 0.29) is 30.2 Å². The molecule has 0 aliphatic heterocycles. The van der Waals surface area contributed by atoms with Gasteiger partial charge in [-0.1, -0.05) is 6.92 Å². The summed E-state index contributed by atoms with van der Waals surface area (Å²) in [6.45, 7) is 3.84. The van der Waals surface area contributed by atoms with Crippen molar-refractivity contribution in [1.29, 1.82) is 0 Å². The van der Waals surface area contributed by atoms with Crippen LogP contribution in [0.15, 0.2) is 18.3 Å². The van der Waals surface area contributed by atoms with Gasteiger partial charge in [-0.05, 0) is 25.0 Å². The van der Waals surface area contributed by atoms with E-state index < -0.39 is 0 Å². The van der Waals surface area contributed by atoms with Crippen molar-refractivity contribution in [3.8, 4) is 0 Å². The van der Waals surface area contributed by atoms with E-state index >= 15 is 0 Å². The summed E-state index contributed by atoms with van der Waals surface area (Å²) in [5.74, 6) is -0.0683. The number of anilines is 1. The van der Waals surface area contributed by atoms with Crippen molar-refractivity contribution in [1.82, 2.24) is 4.98 Å². The molecule has 78 valence electrons. The van der Waals surface area contributed by atoms with Gasteiger partial charge in [0.05, 0.1) is 0 Å². The lowest BCUT2D eigenvalue weighted by Gasteiger charge is -2.19. The minimum Gasteiger partial charge on any atom is -0.396 e. The summed E-state index contributed by atoms with van der Waals surface area (Å²) in [7, 11) is 0. The molecule has 1 heterocycles. The summed E-state index contributed by atoms with van der Waals surface area (Å²) in [4.78, 5) is 3.87. The quantitative estimate of drug-likeness (QED) is 0.773. The lowest BCUT2D eigenvalue weighted by molar-refractivity contribution is 0.226. The fraction of sp³-hybridized carbons (Fsp3) is 0.500. The third kappa shape index (κ3) is 2.67. The molecule has 0 saturated carbocycles. The number of pyridine rings is 1. The highest BCUT2D eigenvalue weighted by molar-refractivity contribution is 5.36. The first kappa shape index (κ1) is 10.9. The molecule has 2 unspecified atom stereocenters. The first-order valence-electron chi connectivity index (χ1n) is 4.63. The highest BCUT2D eigenvalue weighted by atomic mass is 19.1. The van der Waals surface area contributed by atoms with Crippen LogP contribution in [0.4, 0.5) is 10.2 Å². The minimum atomic E-state index is -0.371. The number of aromatic nitrogens is 1. The van der Waals surface area contributed by atoms with E-state index in [1.54, 1.807) is 6.07 Å². The highest BCUT2D eigenvalue weighted by Gasteiger charge is 2.12. The second-order valence-corrected chi connectivity index (χ2v) is 3.43. The Morgan fingerprint density at radius 3 is 2.86 bits per heavy atom. The van der Waals surface area contributed by atoms with E-state index in [1.807, 2.05) is 13.8 Å². The van der Waals surface area contributed by atoms with Crippen molar-refractivity contribution in [2.24, 2.45) is 5.92 Å².